The van der Waals surface area contributed by atoms with Gasteiger partial charge in [0.05, 0.1) is 11.3 Å². The second-order valence-electron chi connectivity index (χ2n) is 5.57. The highest BCUT2D eigenvalue weighted by atomic mass is 16.5. The molecule has 0 bridgehead atoms. The van der Waals surface area contributed by atoms with E-state index in [9.17, 15) is 0 Å². The lowest BCUT2D eigenvalue weighted by atomic mass is 9.83. The Balaban J connectivity index is 2.11. The molecule has 1 fully saturated rings. The number of methoxy groups -OCH3 is 1. The molecule has 1 atom stereocenters. The highest BCUT2D eigenvalue weighted by Crippen LogP contribution is 2.30. The largest absolute Gasteiger partial charge is 0.381 e. The van der Waals surface area contributed by atoms with Crippen LogP contribution in [0.15, 0.2) is 12.3 Å². The van der Waals surface area contributed by atoms with Crippen molar-refractivity contribution >= 4 is 0 Å². The highest BCUT2D eigenvalue weighted by molar-refractivity contribution is 5.06. The monoisotopic (exact) mass is 281 g/mol. The van der Waals surface area contributed by atoms with Crippen molar-refractivity contribution in [1.82, 2.24) is 15.1 Å². The first-order valence-electron chi connectivity index (χ1n) is 7.55. The van der Waals surface area contributed by atoms with Crippen LogP contribution in [0.2, 0.25) is 0 Å². The van der Waals surface area contributed by atoms with Crippen LogP contribution >= 0.6 is 0 Å². The van der Waals surface area contributed by atoms with E-state index in [1.54, 1.807) is 0 Å². The van der Waals surface area contributed by atoms with Crippen LogP contribution in [0.1, 0.15) is 31.9 Å². The Labute approximate surface area is 121 Å². The molecule has 20 heavy (non-hydrogen) atoms. The van der Waals surface area contributed by atoms with Crippen LogP contribution in [0, 0.1) is 0 Å². The van der Waals surface area contributed by atoms with Gasteiger partial charge in [0.25, 0.3) is 0 Å². The second-order valence-corrected chi connectivity index (χ2v) is 5.57. The standard InChI is InChI=1S/C15H27N3O2/c1-4-8-16-14(12-13-5-9-18(2)17-13)15(19-3)6-10-20-11-7-15/h5,9,14,16H,4,6-8,10-12H2,1-3H3. The first-order valence-corrected chi connectivity index (χ1v) is 7.55. The normalized spacial score (nSPS) is 19.9. The van der Waals surface area contributed by atoms with E-state index in [2.05, 4.69) is 23.4 Å². The molecule has 1 unspecified atom stereocenters. The van der Waals surface area contributed by atoms with Gasteiger partial charge in [-0.2, -0.15) is 5.10 Å². The van der Waals surface area contributed by atoms with Gasteiger partial charge in [-0.3, -0.25) is 4.68 Å². The van der Waals surface area contributed by atoms with Crippen molar-refractivity contribution < 1.29 is 9.47 Å². The average molecular weight is 281 g/mol. The molecule has 1 aliphatic rings. The first-order chi connectivity index (χ1) is 9.70. The van der Waals surface area contributed by atoms with E-state index in [0.717, 1.165) is 51.1 Å². The minimum Gasteiger partial charge on any atom is -0.381 e. The fraction of sp³-hybridized carbons (Fsp3) is 0.800. The first kappa shape index (κ1) is 15.5. The van der Waals surface area contributed by atoms with Crippen LogP contribution < -0.4 is 5.32 Å². The molecule has 0 aliphatic carbocycles. The molecular weight excluding hydrogens is 254 g/mol. The molecule has 1 aromatic rings. The molecule has 1 aromatic heterocycles. The van der Waals surface area contributed by atoms with Gasteiger partial charge in [0, 0.05) is 58.9 Å². The fourth-order valence-electron chi connectivity index (χ4n) is 2.96. The maximum atomic E-state index is 5.94. The molecule has 1 N–H and O–H groups in total. The number of nitrogens with zero attached hydrogens (tertiary/aromatic N) is 2. The van der Waals surface area contributed by atoms with E-state index in [1.165, 1.54) is 0 Å². The van der Waals surface area contributed by atoms with Crippen molar-refractivity contribution in [3.63, 3.8) is 0 Å². The molecule has 0 aromatic carbocycles. The Morgan fingerprint density at radius 3 is 2.80 bits per heavy atom. The van der Waals surface area contributed by atoms with Gasteiger partial charge >= 0.3 is 0 Å². The van der Waals surface area contributed by atoms with E-state index in [0.29, 0.717) is 0 Å². The lowest BCUT2D eigenvalue weighted by Gasteiger charge is -2.42. The molecule has 2 heterocycles. The predicted octanol–water partition coefficient (Wildman–Crippen LogP) is 1.53. The molecule has 0 amide bonds. The number of nitrogens with one attached hydrogen (secondary N) is 1. The van der Waals surface area contributed by atoms with Crippen molar-refractivity contribution in [3.8, 4) is 0 Å². The maximum absolute atomic E-state index is 5.94. The van der Waals surface area contributed by atoms with Crippen molar-refractivity contribution in [3.05, 3.63) is 18.0 Å². The van der Waals surface area contributed by atoms with Crippen LogP contribution in [0.25, 0.3) is 0 Å². The Hall–Kier alpha value is -0.910. The molecule has 2 rings (SSSR count). The summed E-state index contributed by atoms with van der Waals surface area (Å²) in [5.74, 6) is 0. The maximum Gasteiger partial charge on any atom is 0.0878 e. The lowest BCUT2D eigenvalue weighted by Crippen LogP contribution is -2.56. The minimum absolute atomic E-state index is 0.134. The molecular formula is C15H27N3O2. The Morgan fingerprint density at radius 1 is 1.50 bits per heavy atom. The van der Waals surface area contributed by atoms with E-state index in [1.807, 2.05) is 25.0 Å². The summed E-state index contributed by atoms with van der Waals surface area (Å²) in [5, 5.41) is 8.17. The number of ether oxygens (including phenoxy) is 2. The topological polar surface area (TPSA) is 48.3 Å². The summed E-state index contributed by atoms with van der Waals surface area (Å²) in [5.41, 5.74) is 0.981. The summed E-state index contributed by atoms with van der Waals surface area (Å²) >= 11 is 0. The third-order valence-corrected chi connectivity index (χ3v) is 4.20. The smallest absolute Gasteiger partial charge is 0.0878 e. The summed E-state index contributed by atoms with van der Waals surface area (Å²) < 4.78 is 13.3. The zero-order valence-corrected chi connectivity index (χ0v) is 12.9. The average Bonchev–Trinajstić information content (AvgIpc) is 2.89. The van der Waals surface area contributed by atoms with E-state index >= 15 is 0 Å². The molecule has 1 aliphatic heterocycles. The Bertz CT molecular complexity index is 400. The number of aromatic nitrogens is 2. The van der Waals surface area contributed by atoms with Crippen LogP contribution in [0.5, 0.6) is 0 Å². The van der Waals surface area contributed by atoms with Gasteiger partial charge in [-0.1, -0.05) is 6.92 Å². The summed E-state index contributed by atoms with van der Waals surface area (Å²) in [7, 11) is 3.78. The van der Waals surface area contributed by atoms with Crippen molar-refractivity contribution in [2.45, 2.75) is 44.2 Å². The molecule has 5 nitrogen and oxygen atoms in total. The number of hydrogen-bond donors (Lipinski definition) is 1. The van der Waals surface area contributed by atoms with Crippen LogP contribution in [-0.4, -0.2) is 48.3 Å². The van der Waals surface area contributed by atoms with Gasteiger partial charge in [-0.25, -0.2) is 0 Å². The second kappa shape index (κ2) is 7.20. The third kappa shape index (κ3) is 3.59. The SMILES string of the molecule is CCCNC(Cc1ccn(C)n1)C1(OC)CCOCC1. The van der Waals surface area contributed by atoms with Gasteiger partial charge < -0.3 is 14.8 Å². The quantitative estimate of drug-likeness (QED) is 0.823. The van der Waals surface area contributed by atoms with Crippen molar-refractivity contribution in [2.24, 2.45) is 7.05 Å². The zero-order chi connectivity index (χ0) is 14.4. The highest BCUT2D eigenvalue weighted by Gasteiger charge is 2.40. The summed E-state index contributed by atoms with van der Waals surface area (Å²) in [6, 6.07) is 2.37. The zero-order valence-electron chi connectivity index (χ0n) is 12.9. The molecule has 0 spiro atoms. The minimum atomic E-state index is -0.134. The van der Waals surface area contributed by atoms with E-state index < -0.39 is 0 Å². The van der Waals surface area contributed by atoms with E-state index in [-0.39, 0.29) is 11.6 Å². The Kier molecular flexibility index (Phi) is 5.57. The van der Waals surface area contributed by atoms with Crippen LogP contribution in [0.3, 0.4) is 0 Å². The number of aryl methyl sites for hydroxylation is 1. The van der Waals surface area contributed by atoms with Gasteiger partial charge in [-0.05, 0) is 19.0 Å². The van der Waals surface area contributed by atoms with E-state index in [4.69, 9.17) is 9.47 Å². The van der Waals surface area contributed by atoms with Crippen LogP contribution in [-0.2, 0) is 22.9 Å². The summed E-state index contributed by atoms with van der Waals surface area (Å²) in [6.45, 7) is 4.75. The van der Waals surface area contributed by atoms with Gasteiger partial charge in [0.1, 0.15) is 0 Å². The van der Waals surface area contributed by atoms with Crippen molar-refractivity contribution in [1.29, 1.82) is 0 Å². The van der Waals surface area contributed by atoms with Crippen LogP contribution in [0.4, 0.5) is 0 Å². The molecule has 0 radical (unpaired) electrons. The third-order valence-electron chi connectivity index (χ3n) is 4.20. The number of rotatable bonds is 7. The number of hydrogen-bond acceptors (Lipinski definition) is 4. The van der Waals surface area contributed by atoms with Gasteiger partial charge in [0.2, 0.25) is 0 Å². The molecule has 114 valence electrons. The summed E-state index contributed by atoms with van der Waals surface area (Å²) in [6.07, 6.45) is 5.90. The van der Waals surface area contributed by atoms with Gasteiger partial charge in [0.15, 0.2) is 0 Å². The fourth-order valence-corrected chi connectivity index (χ4v) is 2.96. The molecule has 1 saturated heterocycles. The van der Waals surface area contributed by atoms with Gasteiger partial charge in [-0.15, -0.1) is 0 Å². The lowest BCUT2D eigenvalue weighted by molar-refractivity contribution is -0.110. The summed E-state index contributed by atoms with van der Waals surface area (Å²) in [4.78, 5) is 0. The molecule has 5 heteroatoms. The predicted molar refractivity (Wildman–Crippen MR) is 78.8 cm³/mol. The Morgan fingerprint density at radius 2 is 2.25 bits per heavy atom. The molecule has 0 saturated carbocycles. The van der Waals surface area contributed by atoms with Crippen molar-refractivity contribution in [2.75, 3.05) is 26.9 Å².